The molecule has 0 saturated carbocycles. The smallest absolute Gasteiger partial charge is 0.280 e. The molecular weight excluding hydrogens is 244 g/mol. The summed E-state index contributed by atoms with van der Waals surface area (Å²) in [5, 5.41) is 3.54. The molecule has 0 unspecified atom stereocenters. The van der Waals surface area contributed by atoms with Crippen molar-refractivity contribution in [2.75, 3.05) is 23.7 Å². The monoisotopic (exact) mass is 255 g/mol. The molecule has 0 amide bonds. The largest absolute Gasteiger partial charge is 0.379 e. The van der Waals surface area contributed by atoms with Gasteiger partial charge in [-0.25, -0.2) is 13.8 Å². The van der Waals surface area contributed by atoms with Crippen LogP contribution in [0.1, 0.15) is 12.8 Å². The first kappa shape index (κ1) is 11.1. The van der Waals surface area contributed by atoms with Gasteiger partial charge in [0.1, 0.15) is 0 Å². The van der Waals surface area contributed by atoms with Gasteiger partial charge in [-0.2, -0.15) is 4.98 Å². The maximum Gasteiger partial charge on any atom is 0.280 e. The van der Waals surface area contributed by atoms with Gasteiger partial charge in [0.2, 0.25) is 0 Å². The summed E-state index contributed by atoms with van der Waals surface area (Å²) in [6, 6.07) is 0. The van der Waals surface area contributed by atoms with Crippen molar-refractivity contribution in [1.82, 2.24) is 15.1 Å². The third kappa shape index (κ3) is 1.83. The van der Waals surface area contributed by atoms with Crippen molar-refractivity contribution in [3.8, 4) is 0 Å². The van der Waals surface area contributed by atoms with E-state index in [-0.39, 0.29) is 37.5 Å². The summed E-state index contributed by atoms with van der Waals surface area (Å²) in [6.07, 6.45) is 1.15. The van der Waals surface area contributed by atoms with Gasteiger partial charge in [-0.05, 0) is 0 Å². The normalized spacial score (nSPS) is 19.3. The molecule has 2 N–H and O–H groups in total. The second-order valence-corrected chi connectivity index (χ2v) is 4.29. The zero-order valence-electron chi connectivity index (χ0n) is 9.44. The molecule has 96 valence electrons. The summed E-state index contributed by atoms with van der Waals surface area (Å²) in [5.41, 5.74) is 6.13. The molecule has 3 heterocycles. The first-order valence-corrected chi connectivity index (χ1v) is 5.56. The molecule has 1 aliphatic rings. The molecule has 8 heteroatoms. The quantitative estimate of drug-likeness (QED) is 0.830. The van der Waals surface area contributed by atoms with Gasteiger partial charge in [0, 0.05) is 25.9 Å². The van der Waals surface area contributed by atoms with Gasteiger partial charge in [-0.3, -0.25) is 0 Å². The molecule has 2 aromatic rings. The Morgan fingerprint density at radius 3 is 2.78 bits per heavy atom. The van der Waals surface area contributed by atoms with Crippen molar-refractivity contribution in [1.29, 1.82) is 0 Å². The number of nitrogens with zero attached hydrogens (tertiary/aromatic N) is 4. The highest BCUT2D eigenvalue weighted by molar-refractivity contribution is 5.80. The van der Waals surface area contributed by atoms with E-state index in [4.69, 9.17) is 10.3 Å². The zero-order valence-corrected chi connectivity index (χ0v) is 9.44. The van der Waals surface area contributed by atoms with Crippen LogP contribution >= 0.6 is 0 Å². The summed E-state index contributed by atoms with van der Waals surface area (Å²) in [5.74, 6) is -1.89. The van der Waals surface area contributed by atoms with E-state index in [2.05, 4.69) is 15.1 Å². The molecule has 3 rings (SSSR count). The van der Waals surface area contributed by atoms with Gasteiger partial charge < -0.3 is 15.2 Å². The Bertz CT molecular complexity index is 575. The fraction of sp³-hybridized carbons (Fsp3) is 0.500. The first-order valence-electron chi connectivity index (χ1n) is 5.56. The predicted octanol–water partition coefficient (Wildman–Crippen LogP) is 1.44. The van der Waals surface area contributed by atoms with E-state index in [1.54, 1.807) is 4.90 Å². The number of rotatable bonds is 1. The number of anilines is 2. The third-order valence-corrected chi connectivity index (χ3v) is 3.02. The highest BCUT2D eigenvalue weighted by Crippen LogP contribution is 2.30. The minimum absolute atomic E-state index is 0.175. The Morgan fingerprint density at radius 2 is 2.06 bits per heavy atom. The van der Waals surface area contributed by atoms with Crippen LogP contribution in [0.2, 0.25) is 0 Å². The van der Waals surface area contributed by atoms with E-state index in [1.165, 1.54) is 6.20 Å². The molecule has 2 aromatic heterocycles. The van der Waals surface area contributed by atoms with Crippen molar-refractivity contribution in [2.45, 2.75) is 18.8 Å². The Labute approximate surface area is 101 Å². The second-order valence-electron chi connectivity index (χ2n) is 4.29. The number of fused-ring (bicyclic) bond motifs is 1. The van der Waals surface area contributed by atoms with Crippen molar-refractivity contribution in [3.05, 3.63) is 6.20 Å². The minimum atomic E-state index is -2.58. The summed E-state index contributed by atoms with van der Waals surface area (Å²) in [7, 11) is 0. The molecule has 0 aliphatic carbocycles. The van der Waals surface area contributed by atoms with Crippen molar-refractivity contribution >= 4 is 22.9 Å². The van der Waals surface area contributed by atoms with Crippen LogP contribution in [0, 0.1) is 0 Å². The van der Waals surface area contributed by atoms with Crippen LogP contribution in [-0.2, 0) is 0 Å². The van der Waals surface area contributed by atoms with Gasteiger partial charge in [0.15, 0.2) is 17.2 Å². The fourth-order valence-corrected chi connectivity index (χ4v) is 1.95. The molecule has 0 atom stereocenters. The van der Waals surface area contributed by atoms with Gasteiger partial charge in [0.05, 0.1) is 6.20 Å². The summed E-state index contributed by atoms with van der Waals surface area (Å²) < 4.78 is 31.0. The number of hydrogen-bond acceptors (Lipinski definition) is 6. The SMILES string of the molecule is Nc1noc2nc(N3CCC(F)(F)CC3)cnc12. The van der Waals surface area contributed by atoms with E-state index in [1.807, 2.05) is 0 Å². The van der Waals surface area contributed by atoms with Crippen LogP contribution in [0.25, 0.3) is 11.2 Å². The number of halogens is 2. The number of nitrogens with two attached hydrogens (primary N) is 1. The average Bonchev–Trinajstić information content (AvgIpc) is 2.71. The van der Waals surface area contributed by atoms with E-state index in [0.29, 0.717) is 11.3 Å². The predicted molar refractivity (Wildman–Crippen MR) is 60.4 cm³/mol. The van der Waals surface area contributed by atoms with E-state index >= 15 is 0 Å². The molecule has 1 aliphatic heterocycles. The number of hydrogen-bond donors (Lipinski definition) is 1. The summed E-state index contributed by atoms with van der Waals surface area (Å²) in [4.78, 5) is 10.0. The molecule has 18 heavy (non-hydrogen) atoms. The van der Waals surface area contributed by atoms with Gasteiger partial charge >= 0.3 is 0 Å². The average molecular weight is 255 g/mol. The molecule has 1 saturated heterocycles. The lowest BCUT2D eigenvalue weighted by atomic mass is 10.1. The van der Waals surface area contributed by atoms with Crippen LogP contribution < -0.4 is 10.6 Å². The molecule has 6 nitrogen and oxygen atoms in total. The van der Waals surface area contributed by atoms with Crippen LogP contribution in [0.4, 0.5) is 20.4 Å². The Hall–Kier alpha value is -1.99. The van der Waals surface area contributed by atoms with Gasteiger partial charge in [-0.15, -0.1) is 0 Å². The van der Waals surface area contributed by atoms with E-state index < -0.39 is 5.92 Å². The van der Waals surface area contributed by atoms with Gasteiger partial charge in [0.25, 0.3) is 11.6 Å². The number of piperidine rings is 1. The Kier molecular flexibility index (Phi) is 2.32. The maximum absolute atomic E-state index is 13.0. The highest BCUT2D eigenvalue weighted by atomic mass is 19.3. The molecule has 0 spiro atoms. The summed E-state index contributed by atoms with van der Waals surface area (Å²) in [6.45, 7) is 0.494. The molecular formula is C10H11F2N5O. The molecule has 1 fully saturated rings. The molecule has 0 bridgehead atoms. The Morgan fingerprint density at radius 1 is 1.33 bits per heavy atom. The van der Waals surface area contributed by atoms with Crippen LogP contribution in [0.15, 0.2) is 10.7 Å². The number of alkyl halides is 2. The van der Waals surface area contributed by atoms with E-state index in [0.717, 1.165) is 0 Å². The van der Waals surface area contributed by atoms with Crippen LogP contribution in [0.5, 0.6) is 0 Å². The highest BCUT2D eigenvalue weighted by Gasteiger charge is 2.34. The van der Waals surface area contributed by atoms with E-state index in [9.17, 15) is 8.78 Å². The number of aromatic nitrogens is 3. The molecule has 0 aromatic carbocycles. The zero-order chi connectivity index (χ0) is 12.8. The fourth-order valence-electron chi connectivity index (χ4n) is 1.95. The Balaban J connectivity index is 1.87. The maximum atomic E-state index is 13.0. The van der Waals surface area contributed by atoms with Crippen LogP contribution in [0.3, 0.4) is 0 Å². The van der Waals surface area contributed by atoms with Crippen molar-refractivity contribution in [2.24, 2.45) is 0 Å². The third-order valence-electron chi connectivity index (χ3n) is 3.02. The number of nitrogen functional groups attached to an aromatic ring is 1. The summed E-state index contributed by atoms with van der Waals surface area (Å²) >= 11 is 0. The first-order chi connectivity index (χ1) is 8.55. The lowest BCUT2D eigenvalue weighted by molar-refractivity contribution is -0.0221. The second kappa shape index (κ2) is 3.76. The minimum Gasteiger partial charge on any atom is -0.379 e. The van der Waals surface area contributed by atoms with Crippen molar-refractivity contribution in [3.63, 3.8) is 0 Å². The lowest BCUT2D eigenvalue weighted by Gasteiger charge is -2.32. The standard InChI is InChI=1S/C10H11F2N5O/c11-10(12)1-3-17(4-2-10)6-5-14-7-8(13)16-18-9(7)15-6/h5H,1-4H2,(H2,13,16). The molecule has 0 radical (unpaired) electrons. The van der Waals surface area contributed by atoms with Gasteiger partial charge in [-0.1, -0.05) is 5.16 Å². The lowest BCUT2D eigenvalue weighted by Crippen LogP contribution is -2.39. The van der Waals surface area contributed by atoms with Crippen LogP contribution in [-0.4, -0.2) is 34.1 Å². The topological polar surface area (TPSA) is 81.1 Å². The van der Waals surface area contributed by atoms with Crippen molar-refractivity contribution < 1.29 is 13.3 Å².